The van der Waals surface area contributed by atoms with Crippen molar-refractivity contribution in [3.05, 3.63) is 0 Å². The van der Waals surface area contributed by atoms with E-state index in [1.807, 2.05) is 0 Å². The lowest BCUT2D eigenvalue weighted by molar-refractivity contribution is -0.132. The van der Waals surface area contributed by atoms with Crippen molar-refractivity contribution < 1.29 is 4.79 Å². The fourth-order valence-corrected chi connectivity index (χ4v) is 3.17. The third kappa shape index (κ3) is 3.25. The quantitative estimate of drug-likeness (QED) is 0.785. The fourth-order valence-electron chi connectivity index (χ4n) is 3.17. The number of amides is 1. The molecule has 0 radical (unpaired) electrons. The first kappa shape index (κ1) is 12.5. The van der Waals surface area contributed by atoms with Crippen LogP contribution >= 0.6 is 0 Å². The first-order valence-electron chi connectivity index (χ1n) is 7.75. The van der Waals surface area contributed by atoms with Gasteiger partial charge in [-0.1, -0.05) is 6.42 Å². The summed E-state index contributed by atoms with van der Waals surface area (Å²) in [5.41, 5.74) is 6.08. The van der Waals surface area contributed by atoms with Gasteiger partial charge in [0.25, 0.3) is 0 Å². The highest BCUT2D eigenvalue weighted by Gasteiger charge is 2.33. The van der Waals surface area contributed by atoms with Gasteiger partial charge in [0, 0.05) is 25.6 Å². The van der Waals surface area contributed by atoms with Crippen LogP contribution in [0.25, 0.3) is 0 Å². The number of hydrogen-bond donors (Lipinski definition) is 1. The summed E-state index contributed by atoms with van der Waals surface area (Å²) < 4.78 is 0. The van der Waals surface area contributed by atoms with Gasteiger partial charge in [0.15, 0.2) is 0 Å². The van der Waals surface area contributed by atoms with Crippen molar-refractivity contribution in [3.8, 4) is 0 Å². The van der Waals surface area contributed by atoms with Gasteiger partial charge in [-0.05, 0) is 56.3 Å². The van der Waals surface area contributed by atoms with Gasteiger partial charge in [-0.2, -0.15) is 0 Å². The van der Waals surface area contributed by atoms with Crippen LogP contribution in [-0.2, 0) is 4.79 Å². The van der Waals surface area contributed by atoms with Gasteiger partial charge in [0.05, 0.1) is 0 Å². The zero-order chi connectivity index (χ0) is 12.5. The minimum Gasteiger partial charge on any atom is -0.342 e. The highest BCUT2D eigenvalue weighted by Crippen LogP contribution is 2.35. The van der Waals surface area contributed by atoms with E-state index < -0.39 is 0 Å². The van der Waals surface area contributed by atoms with Crippen molar-refractivity contribution in [2.75, 3.05) is 13.1 Å². The van der Waals surface area contributed by atoms with Gasteiger partial charge >= 0.3 is 0 Å². The second-order valence-electron chi connectivity index (χ2n) is 6.74. The molecular formula is C15H26N2O. The second-order valence-corrected chi connectivity index (χ2v) is 6.74. The Morgan fingerprint density at radius 3 is 2.06 bits per heavy atom. The van der Waals surface area contributed by atoms with Crippen molar-refractivity contribution in [1.29, 1.82) is 0 Å². The smallest absolute Gasteiger partial charge is 0.222 e. The largest absolute Gasteiger partial charge is 0.342 e. The Kier molecular flexibility index (Phi) is 3.60. The van der Waals surface area contributed by atoms with Crippen LogP contribution in [0.1, 0.15) is 51.4 Å². The molecule has 18 heavy (non-hydrogen) atoms. The molecular weight excluding hydrogens is 224 g/mol. The van der Waals surface area contributed by atoms with E-state index in [1.165, 1.54) is 32.1 Å². The maximum atomic E-state index is 12.4. The molecule has 1 amide bonds. The second kappa shape index (κ2) is 5.20. The van der Waals surface area contributed by atoms with E-state index in [0.29, 0.717) is 18.2 Å². The molecule has 0 bridgehead atoms. The van der Waals surface area contributed by atoms with E-state index in [1.54, 1.807) is 0 Å². The zero-order valence-electron chi connectivity index (χ0n) is 11.3. The van der Waals surface area contributed by atoms with Crippen LogP contribution < -0.4 is 5.73 Å². The number of carbonyl (C=O) groups is 1. The van der Waals surface area contributed by atoms with Crippen LogP contribution in [-0.4, -0.2) is 29.9 Å². The highest BCUT2D eigenvalue weighted by atomic mass is 16.2. The Bertz CT molecular complexity index is 296. The van der Waals surface area contributed by atoms with Crippen LogP contribution in [0.5, 0.6) is 0 Å². The molecule has 0 spiro atoms. The Labute approximate surface area is 110 Å². The van der Waals surface area contributed by atoms with Gasteiger partial charge in [-0.25, -0.2) is 0 Å². The van der Waals surface area contributed by atoms with Crippen molar-refractivity contribution in [2.45, 2.75) is 57.4 Å². The fraction of sp³-hybridized carbons (Fsp3) is 0.933. The molecule has 0 saturated heterocycles. The van der Waals surface area contributed by atoms with Crippen LogP contribution in [0.3, 0.4) is 0 Å². The summed E-state index contributed by atoms with van der Waals surface area (Å²) in [6.07, 6.45) is 9.52. The van der Waals surface area contributed by atoms with Gasteiger partial charge in [-0.3, -0.25) is 4.79 Å². The molecule has 3 heteroatoms. The normalized spacial score (nSPS) is 31.6. The van der Waals surface area contributed by atoms with Crippen molar-refractivity contribution in [2.24, 2.45) is 23.5 Å². The third-order valence-corrected chi connectivity index (χ3v) is 4.86. The van der Waals surface area contributed by atoms with E-state index >= 15 is 0 Å². The van der Waals surface area contributed by atoms with E-state index in [2.05, 4.69) is 4.90 Å². The molecule has 0 unspecified atom stereocenters. The van der Waals surface area contributed by atoms with Crippen LogP contribution in [0.2, 0.25) is 0 Å². The standard InChI is InChI=1S/C15H26N2O/c16-14-3-1-2-13(14)8-15(18)17(9-11-4-5-11)10-12-6-7-12/h11-14H,1-10,16H2/t13-,14+/m0/s1. The predicted molar refractivity (Wildman–Crippen MR) is 72.0 cm³/mol. The van der Waals surface area contributed by atoms with Gasteiger partial charge in [0.1, 0.15) is 0 Å². The summed E-state index contributed by atoms with van der Waals surface area (Å²) in [7, 11) is 0. The summed E-state index contributed by atoms with van der Waals surface area (Å²) in [5, 5.41) is 0. The maximum Gasteiger partial charge on any atom is 0.222 e. The molecule has 0 heterocycles. The maximum absolute atomic E-state index is 12.4. The average molecular weight is 250 g/mol. The number of rotatable bonds is 6. The van der Waals surface area contributed by atoms with Gasteiger partial charge < -0.3 is 10.6 Å². The average Bonchev–Trinajstić information content (AvgIpc) is 3.24. The van der Waals surface area contributed by atoms with Crippen molar-refractivity contribution >= 4 is 5.91 Å². The number of carbonyl (C=O) groups excluding carboxylic acids is 1. The summed E-state index contributed by atoms with van der Waals surface area (Å²) in [4.78, 5) is 14.6. The number of hydrogen-bond acceptors (Lipinski definition) is 2. The molecule has 3 aliphatic rings. The Balaban J connectivity index is 1.52. The molecule has 3 fully saturated rings. The molecule has 3 rings (SSSR count). The first-order chi connectivity index (χ1) is 8.72. The van der Waals surface area contributed by atoms with E-state index in [4.69, 9.17) is 5.73 Å². The van der Waals surface area contributed by atoms with Crippen molar-refractivity contribution in [3.63, 3.8) is 0 Å². The molecule has 0 aromatic carbocycles. The molecule has 0 aromatic heterocycles. The van der Waals surface area contributed by atoms with Crippen molar-refractivity contribution in [1.82, 2.24) is 4.90 Å². The Morgan fingerprint density at radius 2 is 1.61 bits per heavy atom. The minimum atomic E-state index is 0.276. The highest BCUT2D eigenvalue weighted by molar-refractivity contribution is 5.76. The molecule has 2 atom stereocenters. The Hall–Kier alpha value is -0.570. The van der Waals surface area contributed by atoms with E-state index in [-0.39, 0.29) is 6.04 Å². The minimum absolute atomic E-state index is 0.276. The molecule has 3 nitrogen and oxygen atoms in total. The molecule has 3 saturated carbocycles. The van der Waals surface area contributed by atoms with Crippen LogP contribution in [0, 0.1) is 17.8 Å². The van der Waals surface area contributed by atoms with Crippen LogP contribution in [0.15, 0.2) is 0 Å². The lowest BCUT2D eigenvalue weighted by Gasteiger charge is -2.25. The summed E-state index contributed by atoms with van der Waals surface area (Å²) in [6, 6.07) is 0.276. The van der Waals surface area contributed by atoms with E-state index in [9.17, 15) is 4.79 Å². The summed E-state index contributed by atoms with van der Waals surface area (Å²) >= 11 is 0. The third-order valence-electron chi connectivity index (χ3n) is 4.86. The predicted octanol–water partition coefficient (Wildman–Crippen LogP) is 2.15. The number of nitrogens with two attached hydrogens (primary N) is 1. The zero-order valence-corrected chi connectivity index (χ0v) is 11.3. The summed E-state index contributed by atoms with van der Waals surface area (Å²) in [5.74, 6) is 2.46. The lowest BCUT2D eigenvalue weighted by Crippen LogP contribution is -2.37. The molecule has 0 aliphatic heterocycles. The number of nitrogens with zero attached hydrogens (tertiary/aromatic N) is 1. The van der Waals surface area contributed by atoms with Gasteiger partial charge in [0.2, 0.25) is 5.91 Å². The first-order valence-corrected chi connectivity index (χ1v) is 7.75. The Morgan fingerprint density at radius 1 is 1.00 bits per heavy atom. The SMILES string of the molecule is N[C@@H]1CCC[C@H]1CC(=O)N(CC1CC1)CC1CC1. The monoisotopic (exact) mass is 250 g/mol. The summed E-state index contributed by atoms with van der Waals surface area (Å²) in [6.45, 7) is 2.05. The molecule has 3 aliphatic carbocycles. The topological polar surface area (TPSA) is 46.3 Å². The lowest BCUT2D eigenvalue weighted by atomic mass is 9.99. The molecule has 0 aromatic rings. The molecule has 102 valence electrons. The van der Waals surface area contributed by atoms with Crippen LogP contribution in [0.4, 0.5) is 0 Å². The van der Waals surface area contributed by atoms with Gasteiger partial charge in [-0.15, -0.1) is 0 Å². The molecule has 2 N–H and O–H groups in total. The van der Waals surface area contributed by atoms with E-state index in [0.717, 1.165) is 37.8 Å².